The van der Waals surface area contributed by atoms with E-state index in [0.717, 1.165) is 12.8 Å². The molecular formula is C19H25N3O2. The smallest absolute Gasteiger partial charge is 0.227 e. The van der Waals surface area contributed by atoms with E-state index in [1.54, 1.807) is 0 Å². The number of carbonyl (C=O) groups excluding carboxylic acids is 1. The van der Waals surface area contributed by atoms with E-state index in [-0.39, 0.29) is 11.8 Å². The predicted octanol–water partition coefficient (Wildman–Crippen LogP) is 3.36. The minimum Gasteiger partial charge on any atom is -0.355 e. The second-order valence-electron chi connectivity index (χ2n) is 6.79. The first-order chi connectivity index (χ1) is 11.6. The van der Waals surface area contributed by atoms with Crippen molar-refractivity contribution in [1.82, 2.24) is 15.5 Å². The molecule has 1 atom stereocenters. The van der Waals surface area contributed by atoms with Gasteiger partial charge in [-0.3, -0.25) is 4.79 Å². The molecule has 0 spiro atoms. The van der Waals surface area contributed by atoms with Crippen molar-refractivity contribution >= 4 is 5.91 Å². The van der Waals surface area contributed by atoms with Gasteiger partial charge in [0.2, 0.25) is 11.8 Å². The van der Waals surface area contributed by atoms with Crippen molar-refractivity contribution in [3.8, 4) is 0 Å². The number of amides is 1. The number of nitrogens with one attached hydrogen (secondary N) is 1. The molecular weight excluding hydrogens is 302 g/mol. The Bertz CT molecular complexity index is 693. The third-order valence-electron chi connectivity index (χ3n) is 4.61. The molecule has 0 saturated heterocycles. The molecule has 1 aliphatic rings. The molecule has 1 aromatic carbocycles. The number of hydrogen-bond acceptors (Lipinski definition) is 4. The van der Waals surface area contributed by atoms with E-state index < -0.39 is 0 Å². The highest BCUT2D eigenvalue weighted by Gasteiger charge is 2.20. The van der Waals surface area contributed by atoms with E-state index in [1.807, 2.05) is 13.8 Å². The highest BCUT2D eigenvalue weighted by molar-refractivity contribution is 5.76. The van der Waals surface area contributed by atoms with Gasteiger partial charge in [-0.1, -0.05) is 43.3 Å². The third kappa shape index (κ3) is 4.02. The zero-order valence-electron chi connectivity index (χ0n) is 14.4. The van der Waals surface area contributed by atoms with Crippen LogP contribution in [-0.4, -0.2) is 22.6 Å². The van der Waals surface area contributed by atoms with Crippen LogP contribution in [0.15, 0.2) is 28.8 Å². The van der Waals surface area contributed by atoms with Crippen LogP contribution in [0.5, 0.6) is 0 Å². The van der Waals surface area contributed by atoms with Gasteiger partial charge in [0.15, 0.2) is 5.82 Å². The molecule has 3 rings (SSSR count). The molecule has 1 aromatic heterocycles. The number of rotatable bonds is 6. The summed E-state index contributed by atoms with van der Waals surface area (Å²) in [6.45, 7) is 4.74. The standard InChI is InChI=1S/C19H25N3O2/c1-13(2)19-21-18(24-22-19)11-10-17(23)20-12-15-8-5-7-14-6-3-4-9-16(14)15/h3-4,6,9,13,15H,5,7-8,10-12H2,1-2H3,(H,20,23). The van der Waals surface area contributed by atoms with E-state index in [1.165, 1.54) is 17.5 Å². The highest BCUT2D eigenvalue weighted by atomic mass is 16.5. The maximum absolute atomic E-state index is 12.1. The van der Waals surface area contributed by atoms with Crippen LogP contribution in [0.25, 0.3) is 0 Å². The fourth-order valence-corrected chi connectivity index (χ4v) is 3.22. The number of carbonyl (C=O) groups is 1. The van der Waals surface area contributed by atoms with Crippen LogP contribution in [0.4, 0.5) is 0 Å². The van der Waals surface area contributed by atoms with Gasteiger partial charge in [-0.2, -0.15) is 4.98 Å². The van der Waals surface area contributed by atoms with Gasteiger partial charge in [-0.05, 0) is 30.4 Å². The molecule has 24 heavy (non-hydrogen) atoms. The van der Waals surface area contributed by atoms with Gasteiger partial charge in [-0.15, -0.1) is 0 Å². The molecule has 1 unspecified atom stereocenters. The van der Waals surface area contributed by atoms with E-state index in [9.17, 15) is 4.79 Å². The second kappa shape index (κ2) is 7.60. The molecule has 5 nitrogen and oxygen atoms in total. The van der Waals surface area contributed by atoms with Crippen molar-refractivity contribution in [2.45, 2.75) is 57.8 Å². The number of aromatic nitrogens is 2. The van der Waals surface area contributed by atoms with E-state index >= 15 is 0 Å². The summed E-state index contributed by atoms with van der Waals surface area (Å²) in [5.74, 6) is 1.95. The molecule has 1 amide bonds. The normalized spacial score (nSPS) is 16.9. The fourth-order valence-electron chi connectivity index (χ4n) is 3.22. The largest absolute Gasteiger partial charge is 0.355 e. The van der Waals surface area contributed by atoms with Crippen LogP contribution in [-0.2, 0) is 17.6 Å². The Morgan fingerprint density at radius 2 is 2.21 bits per heavy atom. The van der Waals surface area contributed by atoms with Crippen molar-refractivity contribution in [1.29, 1.82) is 0 Å². The Morgan fingerprint density at radius 3 is 3.00 bits per heavy atom. The van der Waals surface area contributed by atoms with Crippen molar-refractivity contribution in [3.05, 3.63) is 47.1 Å². The first kappa shape index (κ1) is 16.7. The average Bonchev–Trinajstić information content (AvgIpc) is 3.07. The van der Waals surface area contributed by atoms with Crippen LogP contribution in [0.1, 0.15) is 67.8 Å². The predicted molar refractivity (Wildman–Crippen MR) is 91.8 cm³/mol. The summed E-state index contributed by atoms with van der Waals surface area (Å²) < 4.78 is 5.18. The highest BCUT2D eigenvalue weighted by Crippen LogP contribution is 2.30. The first-order valence-electron chi connectivity index (χ1n) is 8.80. The molecule has 1 N–H and O–H groups in total. The second-order valence-corrected chi connectivity index (χ2v) is 6.79. The van der Waals surface area contributed by atoms with Gasteiger partial charge in [0.25, 0.3) is 0 Å². The average molecular weight is 327 g/mol. The zero-order chi connectivity index (χ0) is 16.9. The number of fused-ring (bicyclic) bond motifs is 1. The van der Waals surface area contributed by atoms with Gasteiger partial charge < -0.3 is 9.84 Å². The molecule has 1 aliphatic carbocycles. The lowest BCUT2D eigenvalue weighted by Crippen LogP contribution is -2.30. The van der Waals surface area contributed by atoms with E-state index in [2.05, 4.69) is 39.7 Å². The van der Waals surface area contributed by atoms with Crippen LogP contribution in [0, 0.1) is 0 Å². The molecule has 0 fully saturated rings. The summed E-state index contributed by atoms with van der Waals surface area (Å²) in [6.07, 6.45) is 4.35. The van der Waals surface area contributed by atoms with Gasteiger partial charge in [-0.25, -0.2) is 0 Å². The summed E-state index contributed by atoms with van der Waals surface area (Å²) in [5, 5.41) is 6.98. The zero-order valence-corrected chi connectivity index (χ0v) is 14.4. The summed E-state index contributed by atoms with van der Waals surface area (Å²) in [6, 6.07) is 8.57. The third-order valence-corrected chi connectivity index (χ3v) is 4.61. The van der Waals surface area contributed by atoms with E-state index in [4.69, 9.17) is 4.52 Å². The topological polar surface area (TPSA) is 68.0 Å². The summed E-state index contributed by atoms with van der Waals surface area (Å²) in [4.78, 5) is 16.4. The maximum Gasteiger partial charge on any atom is 0.227 e. The number of hydrogen-bond donors (Lipinski definition) is 1. The Morgan fingerprint density at radius 1 is 1.38 bits per heavy atom. The Kier molecular flexibility index (Phi) is 5.28. The quantitative estimate of drug-likeness (QED) is 0.883. The van der Waals surface area contributed by atoms with Crippen LogP contribution >= 0.6 is 0 Å². The number of nitrogens with zero attached hydrogens (tertiary/aromatic N) is 2. The molecule has 1 heterocycles. The maximum atomic E-state index is 12.1. The summed E-state index contributed by atoms with van der Waals surface area (Å²) >= 11 is 0. The van der Waals surface area contributed by atoms with Gasteiger partial charge in [0.05, 0.1) is 0 Å². The number of benzene rings is 1. The molecule has 0 radical (unpaired) electrons. The molecule has 0 bridgehead atoms. The Balaban J connectivity index is 1.48. The number of aryl methyl sites for hydroxylation is 2. The summed E-state index contributed by atoms with van der Waals surface area (Å²) in [7, 11) is 0. The van der Waals surface area contributed by atoms with Crippen molar-refractivity contribution in [2.75, 3.05) is 6.54 Å². The first-order valence-corrected chi connectivity index (χ1v) is 8.80. The molecule has 128 valence electrons. The molecule has 5 heteroatoms. The lowest BCUT2D eigenvalue weighted by Gasteiger charge is -2.25. The van der Waals surface area contributed by atoms with Gasteiger partial charge >= 0.3 is 0 Å². The van der Waals surface area contributed by atoms with E-state index in [0.29, 0.717) is 37.0 Å². The lowest BCUT2D eigenvalue weighted by molar-refractivity contribution is -0.121. The van der Waals surface area contributed by atoms with Crippen LogP contribution in [0.2, 0.25) is 0 Å². The molecule has 0 aliphatic heterocycles. The molecule has 0 saturated carbocycles. The lowest BCUT2D eigenvalue weighted by atomic mass is 9.83. The molecule has 2 aromatic rings. The Hall–Kier alpha value is -2.17. The van der Waals surface area contributed by atoms with Gasteiger partial charge in [0, 0.05) is 31.2 Å². The van der Waals surface area contributed by atoms with Crippen molar-refractivity contribution in [3.63, 3.8) is 0 Å². The fraction of sp³-hybridized carbons (Fsp3) is 0.526. The minimum atomic E-state index is 0.0438. The summed E-state index contributed by atoms with van der Waals surface area (Å²) in [5.41, 5.74) is 2.82. The monoisotopic (exact) mass is 327 g/mol. The van der Waals surface area contributed by atoms with Crippen LogP contribution < -0.4 is 5.32 Å². The SMILES string of the molecule is CC(C)c1noc(CCC(=O)NCC2CCCc3ccccc32)n1. The minimum absolute atomic E-state index is 0.0438. The Labute approximate surface area is 142 Å². The van der Waals surface area contributed by atoms with Crippen molar-refractivity contribution < 1.29 is 9.32 Å². The van der Waals surface area contributed by atoms with Gasteiger partial charge in [0.1, 0.15) is 0 Å². The van der Waals surface area contributed by atoms with Crippen molar-refractivity contribution in [2.24, 2.45) is 0 Å². The van der Waals surface area contributed by atoms with Crippen LogP contribution in [0.3, 0.4) is 0 Å².